The molecule has 35 nitrogen and oxygen atoms in total. The molecule has 18 N–H and O–H groups in total. The second kappa shape index (κ2) is 37.8. The third-order valence-corrected chi connectivity index (χ3v) is 22.1. The van der Waals surface area contributed by atoms with E-state index in [4.69, 9.17) is 66.7 Å². The highest BCUT2D eigenvalue weighted by Crippen LogP contribution is 2.45. The predicted octanol–water partition coefficient (Wildman–Crippen LogP) is -5.03. The van der Waals surface area contributed by atoms with Gasteiger partial charge in [0.25, 0.3) is 0 Å². The number of carbonyl (C=O) groups is 5. The number of hydrogen-bond acceptors (Lipinski definition) is 33. The first-order valence-corrected chi connectivity index (χ1v) is 36.3. The lowest BCUT2D eigenvalue weighted by atomic mass is 9.72. The van der Waals surface area contributed by atoms with Crippen molar-refractivity contribution in [1.82, 2.24) is 0 Å². The highest BCUT2D eigenvalue weighted by Gasteiger charge is 2.58. The predicted molar refractivity (Wildman–Crippen MR) is 344 cm³/mol. The molecule has 5 aliphatic heterocycles. The Morgan fingerprint density at radius 2 is 0.740 bits per heavy atom. The Morgan fingerprint density at radius 1 is 0.365 bits per heavy atom. The zero-order chi connectivity index (χ0) is 74.8. The number of carbonyl (C=O) groups excluding carboxylic acids is 4. The van der Waals surface area contributed by atoms with Gasteiger partial charge in [0.2, 0.25) is 0 Å². The molecule has 5 heterocycles. The Bertz CT molecular complexity index is 2840. The normalized spacial score (nSPS) is 45.4. The number of esters is 4. The maximum absolute atomic E-state index is 13.2. The second-order valence-corrected chi connectivity index (χ2v) is 29.5. The summed E-state index contributed by atoms with van der Waals surface area (Å²) >= 11 is 0. The highest BCUT2D eigenvalue weighted by atomic mass is 16.7. The zero-order valence-corrected chi connectivity index (χ0v) is 57.4. The Labute approximate surface area is 598 Å². The van der Waals surface area contributed by atoms with Crippen LogP contribution in [-0.2, 0) is 80.8 Å². The number of carboxylic acid groups (broad SMARTS) is 1. The van der Waals surface area contributed by atoms with Crippen LogP contribution in [0.15, 0.2) is 36.5 Å². The Morgan fingerprint density at radius 3 is 1.15 bits per heavy atom. The lowest BCUT2D eigenvalue weighted by Crippen LogP contribution is -2.64. The first-order valence-electron chi connectivity index (χ1n) is 36.3. The number of aliphatic hydroxyl groups is 18. The summed E-state index contributed by atoms with van der Waals surface area (Å²) in [5.74, 6) is -6.43. The number of aliphatic hydroxyl groups excluding tert-OH is 16. The lowest BCUT2D eigenvalue weighted by Gasteiger charge is -2.50. The number of ether oxygens (including phenoxy) is 13. The lowest BCUT2D eigenvalue weighted by molar-refractivity contribution is -0.364. The van der Waals surface area contributed by atoms with Crippen LogP contribution in [-0.4, -0.2) is 332 Å². The van der Waals surface area contributed by atoms with Crippen molar-refractivity contribution in [3.8, 4) is 0 Å². The van der Waals surface area contributed by atoms with E-state index in [2.05, 4.69) is 0 Å². The third kappa shape index (κ3) is 21.5. The number of carboxylic acids is 1. The fraction of sp³-hybridized carbons (Fsp3) is 0.841. The minimum atomic E-state index is -1.97. The molecule has 0 aromatic heterocycles. The Balaban J connectivity index is 0.743. The van der Waals surface area contributed by atoms with Gasteiger partial charge in [0.05, 0.1) is 48.6 Å². The first kappa shape index (κ1) is 82.1. The van der Waals surface area contributed by atoms with Crippen molar-refractivity contribution in [1.29, 1.82) is 0 Å². The van der Waals surface area contributed by atoms with E-state index in [1.165, 1.54) is 18.2 Å². The molecule has 10 aliphatic rings. The molecule has 104 heavy (non-hydrogen) atoms. The smallest absolute Gasteiger partial charge is 0.330 e. The zero-order valence-electron chi connectivity index (χ0n) is 57.4. The van der Waals surface area contributed by atoms with Crippen molar-refractivity contribution in [2.75, 3.05) is 26.4 Å². The van der Waals surface area contributed by atoms with Crippen LogP contribution in [0.3, 0.4) is 0 Å². The van der Waals surface area contributed by atoms with Crippen molar-refractivity contribution in [3.63, 3.8) is 0 Å². The topological polar surface area (TPSA) is 553 Å². The standard InChI is InChI=1S/C69H104O35/c70-34-11-1-30(2-12-34)7-18-49(76)92-26-44-53(80)57(84)61(88)66(101-44)96-36-15-5-32(6-16-36)9-20-51(78)94-28-46-55(82)59(86)63(90)68(103-46)99-42-21-33(10-17-39(42)72)65-43(100-69-64(91)60(87)56(83)47(104-69)29-95-52(79)25-48(74)75)24-38-40(73)22-37(23-41(38)98-65)97-67-62(89)58(85)54(81)45(102-67)27-93-50(77)19-8-31-3-13-35(71)14-4-31/h7-9,18-20,30-47,53-73,80-91H,1-6,10-17,21-29H2,(H,74,75)/p+1/t30?,31?,32?,33?,34?,35?,36?,37?,38?,39?,40?,41?,42?,43?,44-,45-,46-,47-,53-,54-,55-,56-,57+,58+,59+,60+,61-,62-,63-,64-,65?,66-,67-,68-,69-/m1/s1. The molecular weight excluding hydrogens is 1390 g/mol. The van der Waals surface area contributed by atoms with Crippen LogP contribution in [0.25, 0.3) is 0 Å². The van der Waals surface area contributed by atoms with Gasteiger partial charge in [-0.05, 0) is 120 Å². The summed E-state index contributed by atoms with van der Waals surface area (Å²) in [6, 6.07) is 0. The average Bonchev–Trinajstić information content (AvgIpc) is 0.764. The molecule has 590 valence electrons. The van der Waals surface area contributed by atoms with Crippen LogP contribution in [0.2, 0.25) is 0 Å². The molecule has 5 aliphatic carbocycles. The minimum Gasteiger partial charge on any atom is -0.481 e. The maximum Gasteiger partial charge on any atom is 0.330 e. The number of rotatable bonds is 25. The summed E-state index contributed by atoms with van der Waals surface area (Å²) in [4.78, 5) is 61.8. The van der Waals surface area contributed by atoms with E-state index in [9.17, 15) is 106 Å². The molecule has 0 aromatic carbocycles. The average molecular weight is 1490 g/mol. The van der Waals surface area contributed by atoms with Crippen molar-refractivity contribution in [2.24, 2.45) is 29.6 Å². The maximum atomic E-state index is 13.2. The van der Waals surface area contributed by atoms with Gasteiger partial charge in [-0.25, -0.2) is 14.4 Å². The molecular formula is C69H105O35+. The Kier molecular flexibility index (Phi) is 29.8. The summed E-state index contributed by atoms with van der Waals surface area (Å²) in [5, 5.41) is 184. The molecule has 10 rings (SSSR count). The monoisotopic (exact) mass is 1490 g/mol. The van der Waals surface area contributed by atoms with Crippen LogP contribution in [0.4, 0.5) is 0 Å². The largest absolute Gasteiger partial charge is 0.481 e. The molecule has 10 fully saturated rings. The van der Waals surface area contributed by atoms with Crippen LogP contribution in [0.5, 0.6) is 0 Å². The molecule has 0 radical (unpaired) electrons. The van der Waals surface area contributed by atoms with Gasteiger partial charge in [-0.1, -0.05) is 18.2 Å². The van der Waals surface area contributed by atoms with E-state index in [0.29, 0.717) is 64.2 Å². The van der Waals surface area contributed by atoms with Crippen LogP contribution < -0.4 is 0 Å². The first-order chi connectivity index (χ1) is 49.6. The fourth-order valence-corrected chi connectivity index (χ4v) is 15.8. The highest BCUT2D eigenvalue weighted by molar-refractivity contribution is 5.90. The third-order valence-electron chi connectivity index (χ3n) is 22.1. The fourth-order valence-electron chi connectivity index (χ4n) is 15.8. The van der Waals surface area contributed by atoms with Gasteiger partial charge in [-0.3, -0.25) is 9.59 Å². The van der Waals surface area contributed by atoms with Gasteiger partial charge in [0.15, 0.2) is 37.4 Å². The van der Waals surface area contributed by atoms with Gasteiger partial charge in [-0.15, -0.1) is 0 Å². The van der Waals surface area contributed by atoms with Gasteiger partial charge in [-0.2, -0.15) is 0 Å². The van der Waals surface area contributed by atoms with Crippen molar-refractivity contribution >= 4 is 29.8 Å². The second-order valence-electron chi connectivity index (χ2n) is 29.5. The molecule has 0 spiro atoms. The van der Waals surface area contributed by atoms with Crippen LogP contribution in [0.1, 0.15) is 122 Å². The van der Waals surface area contributed by atoms with Crippen LogP contribution >= 0.6 is 0 Å². The van der Waals surface area contributed by atoms with Crippen molar-refractivity contribution < 1.29 is 172 Å². The number of aliphatic carboxylic acids is 1. The molecule has 35 heteroatoms. The van der Waals surface area contributed by atoms with E-state index < -0.39 is 252 Å². The summed E-state index contributed by atoms with van der Waals surface area (Å²) in [7, 11) is 0. The van der Waals surface area contributed by atoms with E-state index in [0.717, 1.165) is 12.8 Å². The van der Waals surface area contributed by atoms with E-state index >= 15 is 0 Å². The molecule has 5 saturated heterocycles. The van der Waals surface area contributed by atoms with Crippen molar-refractivity contribution in [3.05, 3.63) is 36.5 Å². The molecule has 9 unspecified atom stereocenters. The molecule has 0 bridgehead atoms. The quantitative estimate of drug-likeness (QED) is 0.0134. The minimum absolute atomic E-state index is 0.00837. The molecule has 5 saturated carbocycles. The summed E-state index contributed by atoms with van der Waals surface area (Å²) < 4.78 is 74.8. The molecule has 29 atom stereocenters. The van der Waals surface area contributed by atoms with Crippen LogP contribution in [0, 0.1) is 29.6 Å². The number of hydrogen-bond donors (Lipinski definition) is 17. The van der Waals surface area contributed by atoms with E-state index in [-0.39, 0.29) is 62.4 Å². The summed E-state index contributed by atoms with van der Waals surface area (Å²) in [6.45, 7) is -2.42. The number of fused-ring (bicyclic) bond motifs is 1. The summed E-state index contributed by atoms with van der Waals surface area (Å²) in [6.07, 6.45) is -28.2. The van der Waals surface area contributed by atoms with Gasteiger partial charge in [0, 0.05) is 37.0 Å². The van der Waals surface area contributed by atoms with Gasteiger partial charge < -0.3 is 148 Å². The number of allylic oxidation sites excluding steroid dienone is 3. The van der Waals surface area contributed by atoms with E-state index in [1.807, 2.05) is 0 Å². The molecule has 0 amide bonds. The summed E-state index contributed by atoms with van der Waals surface area (Å²) in [5.41, 5.74) is 0. The van der Waals surface area contributed by atoms with Gasteiger partial charge >= 0.3 is 29.8 Å². The van der Waals surface area contributed by atoms with Crippen molar-refractivity contribution in [2.45, 2.75) is 306 Å². The van der Waals surface area contributed by atoms with Gasteiger partial charge in [0.1, 0.15) is 137 Å². The SMILES string of the molecule is O=C(O)CC(=O)OC[C@H]1O[C@@H](OC2CC3C(O)CC(O[C@@H]4O[C@H](COC(=O)C=CC5CCC(O)CC5)[C@@H](O)[C@H](O)[C@H]4O)CC3[OH+]C2C2CCC(O)C(O[C@@H]3O[C@H](COC(=O)C=CC4CCC(O[C@@H]5O[C@H](COC(=O)C=CC6CCC(O)CC6)[C@@H](O)[C@H](O)[C@H]5O)CC4)[C@@H](O)[C@H](O)[C@H]3O)C2)[C@H](O)[C@@H](O)[C@@H]1O. The Hall–Kier alpha value is -4.43. The van der Waals surface area contributed by atoms with E-state index in [1.54, 1.807) is 18.2 Å². The molecule has 0 aromatic rings.